The van der Waals surface area contributed by atoms with E-state index in [0.717, 1.165) is 11.8 Å². The second kappa shape index (κ2) is 7.27. The summed E-state index contributed by atoms with van der Waals surface area (Å²) in [6.45, 7) is 11.0. The standard InChI is InChI=1S/C14H29N/c1-4-5-6-7-14-8-10-15(11-9-14)12-13(2)3/h13-14H,4-12H2,1-3H3. The van der Waals surface area contributed by atoms with Crippen LogP contribution < -0.4 is 0 Å². The third-order valence-electron chi connectivity index (χ3n) is 3.55. The number of rotatable bonds is 6. The molecule has 0 unspecified atom stereocenters. The molecule has 1 saturated heterocycles. The quantitative estimate of drug-likeness (QED) is 0.602. The molecular weight excluding hydrogens is 182 g/mol. The Balaban J connectivity index is 2.07. The maximum atomic E-state index is 2.65. The van der Waals surface area contributed by atoms with E-state index in [1.807, 2.05) is 0 Å². The highest BCUT2D eigenvalue weighted by Gasteiger charge is 2.18. The fourth-order valence-electron chi connectivity index (χ4n) is 2.66. The van der Waals surface area contributed by atoms with Crippen LogP contribution in [0.25, 0.3) is 0 Å². The van der Waals surface area contributed by atoms with Gasteiger partial charge in [-0.1, -0.05) is 46.5 Å². The highest BCUT2D eigenvalue weighted by molar-refractivity contribution is 4.72. The topological polar surface area (TPSA) is 3.24 Å². The van der Waals surface area contributed by atoms with Crippen molar-refractivity contribution in [1.29, 1.82) is 0 Å². The van der Waals surface area contributed by atoms with E-state index in [0.29, 0.717) is 0 Å². The Morgan fingerprint density at radius 3 is 2.33 bits per heavy atom. The van der Waals surface area contributed by atoms with Gasteiger partial charge in [0.25, 0.3) is 0 Å². The zero-order valence-electron chi connectivity index (χ0n) is 11.0. The minimum absolute atomic E-state index is 0.835. The molecule has 1 aliphatic rings. The molecule has 1 heterocycles. The summed E-state index contributed by atoms with van der Waals surface area (Å²) in [6.07, 6.45) is 8.67. The lowest BCUT2D eigenvalue weighted by molar-refractivity contribution is 0.162. The molecule has 0 radical (unpaired) electrons. The Morgan fingerprint density at radius 2 is 1.80 bits per heavy atom. The second-order valence-corrected chi connectivity index (χ2v) is 5.63. The van der Waals surface area contributed by atoms with E-state index in [-0.39, 0.29) is 0 Å². The maximum Gasteiger partial charge on any atom is 0.000439 e. The molecule has 1 fully saturated rings. The number of likely N-dealkylation sites (tertiary alicyclic amines) is 1. The monoisotopic (exact) mass is 211 g/mol. The molecule has 0 aromatic heterocycles. The summed E-state index contributed by atoms with van der Waals surface area (Å²) in [4.78, 5) is 2.65. The molecule has 0 amide bonds. The Labute approximate surface area is 96.2 Å². The van der Waals surface area contributed by atoms with Gasteiger partial charge in [0.05, 0.1) is 0 Å². The smallest absolute Gasteiger partial charge is 0.000439 e. The van der Waals surface area contributed by atoms with E-state index in [4.69, 9.17) is 0 Å². The van der Waals surface area contributed by atoms with Gasteiger partial charge in [0.2, 0.25) is 0 Å². The summed E-state index contributed by atoms with van der Waals surface area (Å²) in [6, 6.07) is 0. The fourth-order valence-corrected chi connectivity index (χ4v) is 2.66. The molecular formula is C14H29N. The van der Waals surface area contributed by atoms with Crippen LogP contribution in [0, 0.1) is 11.8 Å². The van der Waals surface area contributed by atoms with Gasteiger partial charge in [0.15, 0.2) is 0 Å². The second-order valence-electron chi connectivity index (χ2n) is 5.63. The van der Waals surface area contributed by atoms with Gasteiger partial charge in [-0.15, -0.1) is 0 Å². The number of hydrogen-bond acceptors (Lipinski definition) is 1. The van der Waals surface area contributed by atoms with Crippen LogP contribution in [-0.4, -0.2) is 24.5 Å². The lowest BCUT2D eigenvalue weighted by Gasteiger charge is -2.33. The zero-order valence-corrected chi connectivity index (χ0v) is 11.0. The molecule has 1 rings (SSSR count). The summed E-state index contributed by atoms with van der Waals surface area (Å²) in [5, 5.41) is 0. The van der Waals surface area contributed by atoms with Gasteiger partial charge < -0.3 is 4.90 Å². The molecule has 0 aromatic carbocycles. The van der Waals surface area contributed by atoms with Crippen molar-refractivity contribution in [2.24, 2.45) is 11.8 Å². The van der Waals surface area contributed by atoms with Crippen LogP contribution in [0.1, 0.15) is 59.3 Å². The summed E-state index contributed by atoms with van der Waals surface area (Å²) >= 11 is 0. The first-order chi connectivity index (χ1) is 7.22. The fraction of sp³-hybridized carbons (Fsp3) is 1.00. The Kier molecular flexibility index (Phi) is 6.31. The van der Waals surface area contributed by atoms with E-state index in [1.165, 1.54) is 58.2 Å². The van der Waals surface area contributed by atoms with Crippen molar-refractivity contribution in [1.82, 2.24) is 4.90 Å². The number of unbranched alkanes of at least 4 members (excludes halogenated alkanes) is 2. The van der Waals surface area contributed by atoms with E-state index in [9.17, 15) is 0 Å². The first kappa shape index (κ1) is 13.0. The Morgan fingerprint density at radius 1 is 1.13 bits per heavy atom. The highest BCUT2D eigenvalue weighted by Crippen LogP contribution is 2.23. The van der Waals surface area contributed by atoms with Crippen LogP contribution in [-0.2, 0) is 0 Å². The molecule has 1 nitrogen and oxygen atoms in total. The molecule has 0 spiro atoms. The number of nitrogens with zero attached hydrogens (tertiary/aromatic N) is 1. The van der Waals surface area contributed by atoms with Crippen LogP contribution in [0.2, 0.25) is 0 Å². The van der Waals surface area contributed by atoms with Gasteiger partial charge in [-0.05, 0) is 37.8 Å². The number of piperidine rings is 1. The molecule has 0 bridgehead atoms. The van der Waals surface area contributed by atoms with Crippen molar-refractivity contribution in [2.75, 3.05) is 19.6 Å². The summed E-state index contributed by atoms with van der Waals surface area (Å²) in [5.41, 5.74) is 0. The van der Waals surface area contributed by atoms with Gasteiger partial charge in [-0.25, -0.2) is 0 Å². The van der Waals surface area contributed by atoms with Crippen LogP contribution >= 0.6 is 0 Å². The lowest BCUT2D eigenvalue weighted by atomic mass is 9.91. The van der Waals surface area contributed by atoms with E-state index < -0.39 is 0 Å². The maximum absolute atomic E-state index is 2.65. The molecule has 1 aliphatic heterocycles. The SMILES string of the molecule is CCCCCC1CCN(CC(C)C)CC1. The van der Waals surface area contributed by atoms with Gasteiger partial charge in [0.1, 0.15) is 0 Å². The van der Waals surface area contributed by atoms with Crippen LogP contribution in [0.4, 0.5) is 0 Å². The minimum atomic E-state index is 0.835. The zero-order chi connectivity index (χ0) is 11.1. The molecule has 0 aliphatic carbocycles. The molecule has 0 N–H and O–H groups in total. The average Bonchev–Trinajstić information content (AvgIpc) is 2.20. The summed E-state index contributed by atoms with van der Waals surface area (Å²) in [7, 11) is 0. The summed E-state index contributed by atoms with van der Waals surface area (Å²) < 4.78 is 0. The van der Waals surface area contributed by atoms with Crippen molar-refractivity contribution < 1.29 is 0 Å². The van der Waals surface area contributed by atoms with Gasteiger partial charge in [0, 0.05) is 6.54 Å². The first-order valence-corrected chi connectivity index (χ1v) is 6.94. The van der Waals surface area contributed by atoms with Crippen molar-refractivity contribution >= 4 is 0 Å². The van der Waals surface area contributed by atoms with Crippen LogP contribution in [0.15, 0.2) is 0 Å². The van der Waals surface area contributed by atoms with Crippen LogP contribution in [0.3, 0.4) is 0 Å². The third kappa shape index (κ3) is 5.55. The summed E-state index contributed by atoms with van der Waals surface area (Å²) in [5.74, 6) is 1.88. The molecule has 1 heteroatoms. The molecule has 0 saturated carbocycles. The van der Waals surface area contributed by atoms with E-state index >= 15 is 0 Å². The highest BCUT2D eigenvalue weighted by atomic mass is 15.1. The number of hydrogen-bond donors (Lipinski definition) is 0. The predicted molar refractivity (Wildman–Crippen MR) is 68.1 cm³/mol. The molecule has 90 valence electrons. The van der Waals surface area contributed by atoms with Crippen molar-refractivity contribution in [2.45, 2.75) is 59.3 Å². The van der Waals surface area contributed by atoms with Crippen molar-refractivity contribution in [3.63, 3.8) is 0 Å². The molecule has 15 heavy (non-hydrogen) atoms. The predicted octanol–water partition coefficient (Wildman–Crippen LogP) is 3.93. The van der Waals surface area contributed by atoms with E-state index in [2.05, 4.69) is 25.7 Å². The molecule has 0 aromatic rings. The van der Waals surface area contributed by atoms with Crippen molar-refractivity contribution in [3.8, 4) is 0 Å². The lowest BCUT2D eigenvalue weighted by Crippen LogP contribution is -2.36. The Bertz CT molecular complexity index is 145. The minimum Gasteiger partial charge on any atom is -0.303 e. The van der Waals surface area contributed by atoms with Crippen LogP contribution in [0.5, 0.6) is 0 Å². The van der Waals surface area contributed by atoms with Gasteiger partial charge >= 0.3 is 0 Å². The largest absolute Gasteiger partial charge is 0.303 e. The average molecular weight is 211 g/mol. The normalized spacial score (nSPS) is 20.0. The Hall–Kier alpha value is -0.0400. The first-order valence-electron chi connectivity index (χ1n) is 6.94. The van der Waals surface area contributed by atoms with E-state index in [1.54, 1.807) is 0 Å². The van der Waals surface area contributed by atoms with Gasteiger partial charge in [-0.3, -0.25) is 0 Å². The third-order valence-corrected chi connectivity index (χ3v) is 3.55. The van der Waals surface area contributed by atoms with Gasteiger partial charge in [-0.2, -0.15) is 0 Å². The van der Waals surface area contributed by atoms with Crippen molar-refractivity contribution in [3.05, 3.63) is 0 Å². The molecule has 0 atom stereocenters.